The summed E-state index contributed by atoms with van der Waals surface area (Å²) in [4.78, 5) is 27.1. The molecule has 0 bridgehead atoms. The minimum atomic E-state index is -0.123. The van der Waals surface area contributed by atoms with Gasteiger partial charge in [0.25, 0.3) is 0 Å². The molecule has 4 heteroatoms. The Morgan fingerprint density at radius 1 is 1.28 bits per heavy atom. The molecule has 1 saturated heterocycles. The summed E-state index contributed by atoms with van der Waals surface area (Å²) in [5.41, 5.74) is 1.03. The van der Waals surface area contributed by atoms with Crippen LogP contribution in [-0.2, 0) is 4.79 Å². The third kappa shape index (κ3) is 2.53. The first kappa shape index (κ1) is 12.6. The summed E-state index contributed by atoms with van der Waals surface area (Å²) in [5, 5.41) is 0. The fourth-order valence-electron chi connectivity index (χ4n) is 2.29. The minimum Gasteiger partial charge on any atom is -0.331 e. The highest BCUT2D eigenvalue weighted by Crippen LogP contribution is 2.29. The molecule has 2 amide bonds. The molecule has 1 aromatic rings. The highest BCUT2D eigenvalue weighted by molar-refractivity contribution is 5.83. The van der Waals surface area contributed by atoms with Crippen LogP contribution in [0.3, 0.4) is 0 Å². The molecule has 0 aliphatic carbocycles. The predicted octanol–water partition coefficient (Wildman–Crippen LogP) is 2.07. The third-order valence-electron chi connectivity index (χ3n) is 3.24. The van der Waals surface area contributed by atoms with E-state index in [4.69, 9.17) is 0 Å². The molecule has 1 aliphatic heterocycles. The van der Waals surface area contributed by atoms with E-state index in [2.05, 4.69) is 0 Å². The van der Waals surface area contributed by atoms with Crippen molar-refractivity contribution < 1.29 is 9.59 Å². The van der Waals surface area contributed by atoms with E-state index in [1.165, 1.54) is 0 Å². The molecule has 0 N–H and O–H groups in total. The normalized spacial score (nSPS) is 19.8. The van der Waals surface area contributed by atoms with Crippen LogP contribution in [0.1, 0.15) is 24.4 Å². The SMILES string of the molecule is CN(C)C(=O)N1CCC(=O)CC1c1ccccc1. The molecule has 96 valence electrons. The van der Waals surface area contributed by atoms with E-state index in [0.29, 0.717) is 19.4 Å². The molecular formula is C14H18N2O2. The summed E-state index contributed by atoms with van der Waals surface area (Å²) in [5.74, 6) is 0.228. The monoisotopic (exact) mass is 246 g/mol. The summed E-state index contributed by atoms with van der Waals surface area (Å²) in [7, 11) is 3.47. The molecule has 1 aromatic carbocycles. The van der Waals surface area contributed by atoms with Gasteiger partial charge in [0.15, 0.2) is 0 Å². The van der Waals surface area contributed by atoms with Crippen LogP contribution in [0.25, 0.3) is 0 Å². The zero-order valence-corrected chi connectivity index (χ0v) is 10.8. The van der Waals surface area contributed by atoms with Crippen molar-refractivity contribution in [1.29, 1.82) is 0 Å². The van der Waals surface area contributed by atoms with E-state index >= 15 is 0 Å². The van der Waals surface area contributed by atoms with Crippen molar-refractivity contribution >= 4 is 11.8 Å². The topological polar surface area (TPSA) is 40.6 Å². The number of carbonyl (C=O) groups is 2. The Morgan fingerprint density at radius 3 is 2.56 bits per heavy atom. The molecule has 18 heavy (non-hydrogen) atoms. The fraction of sp³-hybridized carbons (Fsp3) is 0.429. The molecule has 4 nitrogen and oxygen atoms in total. The van der Waals surface area contributed by atoms with Gasteiger partial charge >= 0.3 is 6.03 Å². The smallest absolute Gasteiger partial charge is 0.320 e. The molecule has 1 fully saturated rings. The van der Waals surface area contributed by atoms with Crippen LogP contribution in [0, 0.1) is 0 Å². The molecule has 2 rings (SSSR count). The number of amides is 2. The van der Waals surface area contributed by atoms with E-state index in [1.807, 2.05) is 30.3 Å². The Morgan fingerprint density at radius 2 is 1.94 bits per heavy atom. The van der Waals surface area contributed by atoms with E-state index in [1.54, 1.807) is 23.9 Å². The van der Waals surface area contributed by atoms with Gasteiger partial charge in [-0.25, -0.2) is 4.79 Å². The number of nitrogens with zero attached hydrogens (tertiary/aromatic N) is 2. The number of likely N-dealkylation sites (tertiary alicyclic amines) is 1. The van der Waals surface area contributed by atoms with E-state index < -0.39 is 0 Å². The average Bonchev–Trinajstić information content (AvgIpc) is 2.39. The number of hydrogen-bond donors (Lipinski definition) is 0. The van der Waals surface area contributed by atoms with E-state index in [9.17, 15) is 9.59 Å². The van der Waals surface area contributed by atoms with Gasteiger partial charge in [0, 0.05) is 33.5 Å². The van der Waals surface area contributed by atoms with Crippen molar-refractivity contribution in [1.82, 2.24) is 9.80 Å². The first-order valence-electron chi connectivity index (χ1n) is 6.14. The lowest BCUT2D eigenvalue weighted by Crippen LogP contribution is -2.45. The van der Waals surface area contributed by atoms with Gasteiger partial charge in [-0.3, -0.25) is 4.79 Å². The zero-order chi connectivity index (χ0) is 13.1. The number of rotatable bonds is 1. The second-order valence-electron chi connectivity index (χ2n) is 4.79. The lowest BCUT2D eigenvalue weighted by Gasteiger charge is -2.36. The van der Waals surface area contributed by atoms with Crippen LogP contribution in [0.5, 0.6) is 0 Å². The van der Waals surface area contributed by atoms with Crippen molar-refractivity contribution in [2.75, 3.05) is 20.6 Å². The van der Waals surface area contributed by atoms with Gasteiger partial charge in [-0.05, 0) is 5.56 Å². The zero-order valence-electron chi connectivity index (χ0n) is 10.8. The van der Waals surface area contributed by atoms with Crippen molar-refractivity contribution in [3.05, 3.63) is 35.9 Å². The second kappa shape index (κ2) is 5.21. The molecule has 1 heterocycles. The molecule has 1 unspecified atom stereocenters. The third-order valence-corrected chi connectivity index (χ3v) is 3.24. The Balaban J connectivity index is 2.27. The molecule has 1 atom stereocenters. The highest BCUT2D eigenvalue weighted by atomic mass is 16.2. The number of hydrogen-bond acceptors (Lipinski definition) is 2. The van der Waals surface area contributed by atoms with Crippen LogP contribution in [0.4, 0.5) is 4.79 Å². The molecule has 1 aliphatic rings. The Labute approximate surface area is 107 Å². The van der Waals surface area contributed by atoms with Gasteiger partial charge in [0.05, 0.1) is 6.04 Å². The quantitative estimate of drug-likeness (QED) is 0.761. The number of piperidine rings is 1. The van der Waals surface area contributed by atoms with Gasteiger partial charge in [-0.2, -0.15) is 0 Å². The number of benzene rings is 1. The second-order valence-corrected chi connectivity index (χ2v) is 4.79. The first-order valence-corrected chi connectivity index (χ1v) is 6.14. The van der Waals surface area contributed by atoms with Crippen LogP contribution in [-0.4, -0.2) is 42.3 Å². The summed E-state index contributed by atoms with van der Waals surface area (Å²) in [6.07, 6.45) is 0.881. The summed E-state index contributed by atoms with van der Waals surface area (Å²) < 4.78 is 0. The molecule has 0 saturated carbocycles. The van der Waals surface area contributed by atoms with Crippen LogP contribution in [0.15, 0.2) is 30.3 Å². The summed E-state index contributed by atoms with van der Waals surface area (Å²) >= 11 is 0. The standard InChI is InChI=1S/C14H18N2O2/c1-15(2)14(18)16-9-8-12(17)10-13(16)11-6-4-3-5-7-11/h3-7,13H,8-10H2,1-2H3. The summed E-state index contributed by atoms with van der Waals surface area (Å²) in [6, 6.07) is 9.60. The van der Waals surface area contributed by atoms with E-state index in [-0.39, 0.29) is 17.9 Å². The van der Waals surface area contributed by atoms with Crippen molar-refractivity contribution in [3.8, 4) is 0 Å². The van der Waals surface area contributed by atoms with Gasteiger partial charge in [-0.15, -0.1) is 0 Å². The number of urea groups is 1. The van der Waals surface area contributed by atoms with Crippen LogP contribution >= 0.6 is 0 Å². The Kier molecular flexibility index (Phi) is 3.65. The van der Waals surface area contributed by atoms with Crippen LogP contribution in [0.2, 0.25) is 0 Å². The molecule has 0 aromatic heterocycles. The predicted molar refractivity (Wildman–Crippen MR) is 69.2 cm³/mol. The Hall–Kier alpha value is -1.84. The van der Waals surface area contributed by atoms with Crippen LogP contribution < -0.4 is 0 Å². The minimum absolute atomic E-state index is 0.0312. The van der Waals surface area contributed by atoms with Crippen molar-refractivity contribution in [3.63, 3.8) is 0 Å². The fourth-order valence-corrected chi connectivity index (χ4v) is 2.29. The summed E-state index contributed by atoms with van der Waals surface area (Å²) in [6.45, 7) is 0.509. The highest BCUT2D eigenvalue weighted by Gasteiger charge is 2.32. The Bertz CT molecular complexity index is 442. The number of carbonyl (C=O) groups excluding carboxylic acids is 2. The first-order chi connectivity index (χ1) is 8.59. The number of Topliss-reactive ketones (excluding diaryl/α,β-unsaturated/α-hetero) is 1. The lowest BCUT2D eigenvalue weighted by atomic mass is 9.95. The number of ketones is 1. The molecular weight excluding hydrogens is 228 g/mol. The van der Waals surface area contributed by atoms with Crippen molar-refractivity contribution in [2.45, 2.75) is 18.9 Å². The van der Waals surface area contributed by atoms with Gasteiger partial charge in [0.1, 0.15) is 5.78 Å². The maximum absolute atomic E-state index is 12.1. The molecule has 0 spiro atoms. The van der Waals surface area contributed by atoms with Gasteiger partial charge in [-0.1, -0.05) is 30.3 Å². The largest absolute Gasteiger partial charge is 0.331 e. The molecule has 0 radical (unpaired) electrons. The van der Waals surface area contributed by atoms with E-state index in [0.717, 1.165) is 5.56 Å². The van der Waals surface area contributed by atoms with Gasteiger partial charge < -0.3 is 9.80 Å². The lowest BCUT2D eigenvalue weighted by molar-refractivity contribution is -0.122. The average molecular weight is 246 g/mol. The van der Waals surface area contributed by atoms with Gasteiger partial charge in [0.2, 0.25) is 0 Å². The maximum atomic E-state index is 12.1. The van der Waals surface area contributed by atoms with Crippen molar-refractivity contribution in [2.24, 2.45) is 0 Å². The maximum Gasteiger partial charge on any atom is 0.320 e.